The van der Waals surface area contributed by atoms with E-state index >= 15 is 0 Å². The molecule has 0 spiro atoms. The van der Waals surface area contributed by atoms with Gasteiger partial charge in [0, 0.05) is 18.0 Å². The maximum Gasteiger partial charge on any atom is 0.123 e. The number of aliphatic hydroxyl groups is 1. The molecule has 2 aromatic heterocycles. The second-order valence-electron chi connectivity index (χ2n) is 6.02. The van der Waals surface area contributed by atoms with Crippen molar-refractivity contribution in [1.29, 1.82) is 0 Å². The van der Waals surface area contributed by atoms with Crippen molar-refractivity contribution in [2.45, 2.75) is 39.0 Å². The molecule has 0 amide bonds. The number of rotatable bonds is 7. The predicted molar refractivity (Wildman–Crippen MR) is 95.6 cm³/mol. The Morgan fingerprint density at radius 1 is 1.26 bits per heavy atom. The van der Waals surface area contributed by atoms with Crippen molar-refractivity contribution in [2.75, 3.05) is 6.54 Å². The van der Waals surface area contributed by atoms with E-state index in [1.165, 1.54) is 5.52 Å². The molecule has 122 valence electrons. The summed E-state index contributed by atoms with van der Waals surface area (Å²) in [7, 11) is 0. The lowest BCUT2D eigenvalue weighted by Gasteiger charge is -2.22. The van der Waals surface area contributed by atoms with Gasteiger partial charge in [0.25, 0.3) is 0 Å². The Hall–Kier alpha value is -1.69. The smallest absolute Gasteiger partial charge is 0.123 e. The molecule has 0 saturated carbocycles. The van der Waals surface area contributed by atoms with Crippen LogP contribution in [0.1, 0.15) is 31.0 Å². The fraction of sp³-hybridized carbons (Fsp3) is 0.389. The number of hydrogen-bond acceptors (Lipinski definition) is 4. The fourth-order valence-corrected chi connectivity index (χ4v) is 3.61. The van der Waals surface area contributed by atoms with Crippen LogP contribution in [-0.2, 0) is 18.7 Å². The highest BCUT2D eigenvalue weighted by atomic mass is 32.1. The van der Waals surface area contributed by atoms with Crippen molar-refractivity contribution in [2.24, 2.45) is 0 Å². The number of benzene rings is 1. The first kappa shape index (κ1) is 16.2. The highest BCUT2D eigenvalue weighted by Crippen LogP contribution is 2.24. The summed E-state index contributed by atoms with van der Waals surface area (Å²) >= 11 is 1.58. The summed E-state index contributed by atoms with van der Waals surface area (Å²) in [4.78, 5) is 5.71. The summed E-state index contributed by atoms with van der Waals surface area (Å²) in [6.07, 6.45) is 1.07. The maximum atomic E-state index is 10.6. The van der Waals surface area contributed by atoms with Gasteiger partial charge in [0.15, 0.2) is 0 Å². The molecule has 4 nitrogen and oxygen atoms in total. The Balaban J connectivity index is 1.73. The molecular weight excluding hydrogens is 306 g/mol. The average molecular weight is 329 g/mol. The summed E-state index contributed by atoms with van der Waals surface area (Å²) in [5.74, 6) is 1.02. The SMILES string of the molecule is CCCn1c(CNCC(C)(O)c2cccs2)nc2ccccc21. The van der Waals surface area contributed by atoms with Crippen LogP contribution in [0.3, 0.4) is 0 Å². The maximum absolute atomic E-state index is 10.6. The Morgan fingerprint density at radius 2 is 2.09 bits per heavy atom. The second-order valence-corrected chi connectivity index (χ2v) is 6.97. The topological polar surface area (TPSA) is 50.1 Å². The zero-order chi connectivity index (χ0) is 16.3. The molecule has 0 saturated heterocycles. The van der Waals surface area contributed by atoms with Crippen LogP contribution in [0.15, 0.2) is 41.8 Å². The van der Waals surface area contributed by atoms with Gasteiger partial charge in [-0.2, -0.15) is 0 Å². The number of hydrogen-bond donors (Lipinski definition) is 2. The summed E-state index contributed by atoms with van der Waals surface area (Å²) in [5.41, 5.74) is 1.36. The van der Waals surface area contributed by atoms with Crippen molar-refractivity contribution in [3.8, 4) is 0 Å². The minimum Gasteiger partial charge on any atom is -0.383 e. The van der Waals surface area contributed by atoms with Gasteiger partial charge in [0.1, 0.15) is 11.4 Å². The molecule has 0 bridgehead atoms. The van der Waals surface area contributed by atoms with Gasteiger partial charge in [-0.25, -0.2) is 4.98 Å². The van der Waals surface area contributed by atoms with Crippen LogP contribution < -0.4 is 5.32 Å². The molecule has 1 aromatic carbocycles. The predicted octanol–water partition coefficient (Wildman–Crippen LogP) is 3.51. The summed E-state index contributed by atoms with van der Waals surface area (Å²) < 4.78 is 2.27. The zero-order valence-corrected chi connectivity index (χ0v) is 14.4. The van der Waals surface area contributed by atoms with Gasteiger partial charge in [-0.1, -0.05) is 25.1 Å². The Labute approximate surface area is 140 Å². The molecule has 2 heterocycles. The quantitative estimate of drug-likeness (QED) is 0.697. The number of nitrogens with one attached hydrogen (secondary N) is 1. The molecule has 5 heteroatoms. The minimum atomic E-state index is -0.851. The lowest BCUT2D eigenvalue weighted by molar-refractivity contribution is 0.0602. The first-order valence-corrected chi connectivity index (χ1v) is 8.91. The third-order valence-corrected chi connectivity index (χ3v) is 5.11. The number of aryl methyl sites for hydroxylation is 1. The number of para-hydroxylation sites is 2. The average Bonchev–Trinajstić information content (AvgIpc) is 3.17. The van der Waals surface area contributed by atoms with Gasteiger partial charge in [0.2, 0.25) is 0 Å². The largest absolute Gasteiger partial charge is 0.383 e. The van der Waals surface area contributed by atoms with E-state index in [9.17, 15) is 5.11 Å². The lowest BCUT2D eigenvalue weighted by Crippen LogP contribution is -2.35. The fourth-order valence-electron chi connectivity index (χ4n) is 2.82. The highest BCUT2D eigenvalue weighted by Gasteiger charge is 2.23. The minimum absolute atomic E-state index is 0.503. The Kier molecular flexibility index (Phi) is 4.80. The van der Waals surface area contributed by atoms with Gasteiger partial charge in [-0.05, 0) is 36.9 Å². The normalized spacial score (nSPS) is 14.2. The summed E-state index contributed by atoms with van der Waals surface area (Å²) in [6.45, 7) is 6.13. The van der Waals surface area contributed by atoms with Crippen LogP contribution >= 0.6 is 11.3 Å². The van der Waals surface area contributed by atoms with E-state index in [2.05, 4.69) is 28.9 Å². The van der Waals surface area contributed by atoms with E-state index in [-0.39, 0.29) is 0 Å². The van der Waals surface area contributed by atoms with Crippen molar-refractivity contribution in [3.05, 3.63) is 52.5 Å². The molecule has 23 heavy (non-hydrogen) atoms. The zero-order valence-electron chi connectivity index (χ0n) is 13.6. The molecule has 1 atom stereocenters. The Bertz CT molecular complexity index is 762. The Morgan fingerprint density at radius 3 is 2.83 bits per heavy atom. The molecule has 0 aliphatic carbocycles. The van der Waals surface area contributed by atoms with Gasteiger partial charge in [-0.15, -0.1) is 11.3 Å². The highest BCUT2D eigenvalue weighted by molar-refractivity contribution is 7.10. The standard InChI is InChI=1S/C18H23N3OS/c1-3-10-21-15-8-5-4-7-14(15)20-17(21)12-19-13-18(2,22)16-9-6-11-23-16/h4-9,11,19,22H,3,10,12-13H2,1-2H3. The van der Waals surface area contributed by atoms with Crippen molar-refractivity contribution < 1.29 is 5.11 Å². The van der Waals surface area contributed by atoms with Gasteiger partial charge in [0.05, 0.1) is 17.6 Å². The molecule has 3 rings (SSSR count). The van der Waals surface area contributed by atoms with Gasteiger partial charge >= 0.3 is 0 Å². The van der Waals surface area contributed by atoms with Crippen LogP contribution in [0.4, 0.5) is 0 Å². The van der Waals surface area contributed by atoms with Crippen molar-refractivity contribution >= 4 is 22.4 Å². The van der Waals surface area contributed by atoms with Gasteiger partial charge in [-0.3, -0.25) is 0 Å². The number of thiophene rings is 1. The lowest BCUT2D eigenvalue weighted by atomic mass is 10.1. The van der Waals surface area contributed by atoms with E-state index < -0.39 is 5.60 Å². The van der Waals surface area contributed by atoms with E-state index in [4.69, 9.17) is 4.98 Å². The molecule has 3 aromatic rings. The van der Waals surface area contributed by atoms with Crippen LogP contribution in [0.2, 0.25) is 0 Å². The monoisotopic (exact) mass is 329 g/mol. The molecule has 0 fully saturated rings. The summed E-state index contributed by atoms with van der Waals surface area (Å²) in [6, 6.07) is 12.2. The first-order chi connectivity index (χ1) is 11.1. The second kappa shape index (κ2) is 6.83. The van der Waals surface area contributed by atoms with E-state index in [1.54, 1.807) is 11.3 Å². The van der Waals surface area contributed by atoms with E-state index in [1.807, 2.05) is 36.6 Å². The summed E-state index contributed by atoms with van der Waals surface area (Å²) in [5, 5.41) is 15.9. The molecule has 2 N–H and O–H groups in total. The molecule has 0 aliphatic rings. The number of nitrogens with zero attached hydrogens (tertiary/aromatic N) is 2. The molecule has 0 radical (unpaired) electrons. The molecule has 0 aliphatic heterocycles. The third kappa shape index (κ3) is 3.47. The number of fused-ring (bicyclic) bond motifs is 1. The van der Waals surface area contributed by atoms with Crippen LogP contribution in [0.5, 0.6) is 0 Å². The molecular formula is C18H23N3OS. The van der Waals surface area contributed by atoms with Crippen molar-refractivity contribution in [1.82, 2.24) is 14.9 Å². The number of imidazole rings is 1. The first-order valence-electron chi connectivity index (χ1n) is 8.03. The van der Waals surface area contributed by atoms with E-state index in [0.29, 0.717) is 13.1 Å². The van der Waals surface area contributed by atoms with E-state index in [0.717, 1.165) is 29.2 Å². The van der Waals surface area contributed by atoms with Crippen molar-refractivity contribution in [3.63, 3.8) is 0 Å². The van der Waals surface area contributed by atoms with Crippen LogP contribution in [0, 0.1) is 0 Å². The number of aromatic nitrogens is 2. The third-order valence-electron chi connectivity index (χ3n) is 3.99. The van der Waals surface area contributed by atoms with Gasteiger partial charge < -0.3 is 15.0 Å². The van der Waals surface area contributed by atoms with Crippen LogP contribution in [0.25, 0.3) is 11.0 Å². The molecule has 1 unspecified atom stereocenters. The van der Waals surface area contributed by atoms with Crippen LogP contribution in [-0.4, -0.2) is 21.2 Å².